The number of nitrogens with zero attached hydrogens (tertiary/aromatic N) is 3. The minimum atomic E-state index is -1.15. The van der Waals surface area contributed by atoms with Gasteiger partial charge in [0.1, 0.15) is 11.7 Å². The molecule has 0 aliphatic carbocycles. The smallest absolute Gasteiger partial charge is 0.287 e. The molecule has 146 valence electrons. The molecule has 0 spiro atoms. The summed E-state index contributed by atoms with van der Waals surface area (Å²) >= 11 is 2.21. The van der Waals surface area contributed by atoms with Crippen molar-refractivity contribution in [3.63, 3.8) is 0 Å². The Labute approximate surface area is 171 Å². The zero-order chi connectivity index (χ0) is 20.4. The molecule has 9 nitrogen and oxygen atoms in total. The number of nitrogens with two attached hydrogens (primary N) is 1. The van der Waals surface area contributed by atoms with Crippen LogP contribution in [-0.4, -0.2) is 37.4 Å². The number of amides is 2. The summed E-state index contributed by atoms with van der Waals surface area (Å²) in [5.74, 6) is -2.67. The zero-order valence-electron chi connectivity index (χ0n) is 14.7. The van der Waals surface area contributed by atoms with Crippen molar-refractivity contribution in [1.82, 2.24) is 19.0 Å². The second-order valence-electron chi connectivity index (χ2n) is 6.02. The molecule has 3 N–H and O–H groups in total. The number of Topliss-reactive ketones (excluding diaryl/α,β-unsaturated/α-hetero) is 1. The lowest BCUT2D eigenvalue weighted by Crippen LogP contribution is -2.47. The number of carbonyl (C=O) groups is 3. The molecule has 11 heteroatoms. The summed E-state index contributed by atoms with van der Waals surface area (Å²) in [6, 6.07) is 5.81. The standard InChI is InChI=1S/C18H13N5O4S2/c19-16(25)15(24)12(7-9-8-28-18-10(9)4-6-27-18)21-17(26)14-13(22-29-23-14)11-3-1-2-5-20-11/h1-6,8,12H,7H2,(H2,19,25)(H,21,26). The van der Waals surface area contributed by atoms with E-state index in [2.05, 4.69) is 19.0 Å². The second-order valence-corrected chi connectivity index (χ2v) is 7.39. The van der Waals surface area contributed by atoms with Gasteiger partial charge in [-0.2, -0.15) is 8.75 Å². The van der Waals surface area contributed by atoms with Crippen LogP contribution in [0.3, 0.4) is 0 Å². The molecule has 4 heterocycles. The molecule has 0 fully saturated rings. The number of hydrogen-bond donors (Lipinski definition) is 2. The fourth-order valence-electron chi connectivity index (χ4n) is 2.81. The van der Waals surface area contributed by atoms with E-state index in [4.69, 9.17) is 10.2 Å². The Balaban J connectivity index is 1.61. The molecule has 4 rings (SSSR count). The minimum Gasteiger partial charge on any atom is -0.454 e. The lowest BCUT2D eigenvalue weighted by atomic mass is 10.0. The third-order valence-electron chi connectivity index (χ3n) is 4.18. The van der Waals surface area contributed by atoms with Crippen LogP contribution in [0.1, 0.15) is 16.1 Å². The third-order valence-corrected chi connectivity index (χ3v) is 5.64. The van der Waals surface area contributed by atoms with E-state index in [1.807, 2.05) is 5.38 Å². The number of ketones is 1. The van der Waals surface area contributed by atoms with Gasteiger partial charge in [-0.3, -0.25) is 19.4 Å². The first-order valence-electron chi connectivity index (χ1n) is 8.36. The molecule has 0 saturated carbocycles. The maximum Gasteiger partial charge on any atom is 0.287 e. The molecule has 29 heavy (non-hydrogen) atoms. The van der Waals surface area contributed by atoms with Gasteiger partial charge in [0.25, 0.3) is 11.8 Å². The SMILES string of the molecule is NC(=O)C(=O)C(Cc1csc2occc12)NC(=O)c1nsnc1-c1ccccn1. The number of pyridine rings is 1. The highest BCUT2D eigenvalue weighted by molar-refractivity contribution is 7.16. The largest absolute Gasteiger partial charge is 0.454 e. The topological polar surface area (TPSA) is 141 Å². The molecule has 2 amide bonds. The Morgan fingerprint density at radius 1 is 1.21 bits per heavy atom. The first-order valence-corrected chi connectivity index (χ1v) is 9.97. The second kappa shape index (κ2) is 7.89. The predicted octanol–water partition coefficient (Wildman–Crippen LogP) is 1.80. The van der Waals surface area contributed by atoms with Crippen LogP contribution in [0.15, 0.2) is 46.5 Å². The Morgan fingerprint density at radius 2 is 2.07 bits per heavy atom. The Bertz CT molecular complexity index is 1200. The summed E-state index contributed by atoms with van der Waals surface area (Å²) in [6.07, 6.45) is 3.19. The molecular weight excluding hydrogens is 414 g/mol. The van der Waals surface area contributed by atoms with Crippen LogP contribution in [0.5, 0.6) is 0 Å². The van der Waals surface area contributed by atoms with E-state index in [9.17, 15) is 14.4 Å². The minimum absolute atomic E-state index is 0.0229. The molecule has 0 bridgehead atoms. The van der Waals surface area contributed by atoms with Crippen LogP contribution in [0.25, 0.3) is 21.7 Å². The van der Waals surface area contributed by atoms with E-state index in [0.717, 1.165) is 22.7 Å². The van der Waals surface area contributed by atoms with E-state index in [1.165, 1.54) is 17.6 Å². The van der Waals surface area contributed by atoms with Crippen LogP contribution in [0.4, 0.5) is 0 Å². The highest BCUT2D eigenvalue weighted by Gasteiger charge is 2.29. The third kappa shape index (κ3) is 3.77. The van der Waals surface area contributed by atoms with Crippen molar-refractivity contribution < 1.29 is 18.8 Å². The molecule has 0 saturated heterocycles. The first-order chi connectivity index (χ1) is 14.0. The predicted molar refractivity (Wildman–Crippen MR) is 106 cm³/mol. The van der Waals surface area contributed by atoms with Gasteiger partial charge < -0.3 is 15.5 Å². The molecule has 0 aromatic carbocycles. The van der Waals surface area contributed by atoms with Crippen molar-refractivity contribution >= 4 is 50.9 Å². The van der Waals surface area contributed by atoms with Crippen LogP contribution in [0, 0.1) is 0 Å². The van der Waals surface area contributed by atoms with Crippen LogP contribution in [-0.2, 0) is 16.0 Å². The van der Waals surface area contributed by atoms with Crippen molar-refractivity contribution in [3.8, 4) is 11.4 Å². The monoisotopic (exact) mass is 427 g/mol. The fraction of sp³-hybridized carbons (Fsp3) is 0.111. The van der Waals surface area contributed by atoms with Gasteiger partial charge in [0.05, 0.1) is 23.7 Å². The van der Waals surface area contributed by atoms with E-state index in [-0.39, 0.29) is 12.1 Å². The van der Waals surface area contributed by atoms with Crippen molar-refractivity contribution in [3.05, 3.63) is 53.4 Å². The average Bonchev–Trinajstić information content (AvgIpc) is 3.45. The van der Waals surface area contributed by atoms with Crippen LogP contribution >= 0.6 is 23.1 Å². The fourth-order valence-corrected chi connectivity index (χ4v) is 4.27. The number of primary amides is 1. The van der Waals surface area contributed by atoms with E-state index in [0.29, 0.717) is 16.3 Å². The maximum absolute atomic E-state index is 12.8. The molecule has 1 atom stereocenters. The Hall–Kier alpha value is -3.44. The van der Waals surface area contributed by atoms with Gasteiger partial charge in [0.15, 0.2) is 10.6 Å². The first kappa shape index (κ1) is 18.9. The molecule has 4 aromatic heterocycles. The van der Waals surface area contributed by atoms with Gasteiger partial charge in [-0.15, -0.1) is 11.3 Å². The van der Waals surface area contributed by atoms with Crippen molar-refractivity contribution in [2.75, 3.05) is 0 Å². The quantitative estimate of drug-likeness (QED) is 0.428. The number of furan rings is 1. The molecular formula is C18H13N5O4S2. The highest BCUT2D eigenvalue weighted by atomic mass is 32.1. The zero-order valence-corrected chi connectivity index (χ0v) is 16.3. The normalized spacial score (nSPS) is 12.0. The van der Waals surface area contributed by atoms with Gasteiger partial charge >= 0.3 is 0 Å². The van der Waals surface area contributed by atoms with E-state index in [1.54, 1.807) is 30.5 Å². The van der Waals surface area contributed by atoms with Gasteiger partial charge in [-0.25, -0.2) is 0 Å². The summed E-state index contributed by atoms with van der Waals surface area (Å²) in [5.41, 5.74) is 6.74. The number of nitrogens with one attached hydrogen (secondary N) is 1. The lowest BCUT2D eigenvalue weighted by Gasteiger charge is -2.15. The number of thiophene rings is 1. The van der Waals surface area contributed by atoms with Crippen molar-refractivity contribution in [1.29, 1.82) is 0 Å². The molecule has 0 radical (unpaired) electrons. The number of fused-ring (bicyclic) bond motifs is 1. The molecule has 0 aliphatic rings. The van der Waals surface area contributed by atoms with Gasteiger partial charge in [0.2, 0.25) is 5.78 Å². The number of aromatic nitrogens is 3. The van der Waals surface area contributed by atoms with Gasteiger partial charge in [-0.1, -0.05) is 6.07 Å². The molecule has 1 unspecified atom stereocenters. The average molecular weight is 427 g/mol. The Morgan fingerprint density at radius 3 is 2.83 bits per heavy atom. The van der Waals surface area contributed by atoms with Crippen molar-refractivity contribution in [2.45, 2.75) is 12.5 Å². The van der Waals surface area contributed by atoms with Crippen LogP contribution in [0.2, 0.25) is 0 Å². The highest BCUT2D eigenvalue weighted by Crippen LogP contribution is 2.28. The summed E-state index contributed by atoms with van der Waals surface area (Å²) in [5, 5.41) is 5.19. The molecule has 0 aliphatic heterocycles. The van der Waals surface area contributed by atoms with Crippen LogP contribution < -0.4 is 11.1 Å². The summed E-state index contributed by atoms with van der Waals surface area (Å²) < 4.78 is 13.5. The molecule has 4 aromatic rings. The Kier molecular flexibility index (Phi) is 5.14. The maximum atomic E-state index is 12.8. The van der Waals surface area contributed by atoms with Gasteiger partial charge in [-0.05, 0) is 29.1 Å². The summed E-state index contributed by atoms with van der Waals surface area (Å²) in [7, 11) is 0. The van der Waals surface area contributed by atoms with E-state index < -0.39 is 23.6 Å². The number of carbonyl (C=O) groups excluding carboxylic acids is 3. The number of hydrogen-bond acceptors (Lipinski definition) is 9. The van der Waals surface area contributed by atoms with Crippen molar-refractivity contribution in [2.24, 2.45) is 5.73 Å². The summed E-state index contributed by atoms with van der Waals surface area (Å²) in [6.45, 7) is 0. The number of rotatable bonds is 7. The summed E-state index contributed by atoms with van der Waals surface area (Å²) in [4.78, 5) is 41.5. The van der Waals surface area contributed by atoms with Gasteiger partial charge in [0, 0.05) is 18.0 Å². The lowest BCUT2D eigenvalue weighted by molar-refractivity contribution is -0.137. The van der Waals surface area contributed by atoms with E-state index >= 15 is 0 Å².